The topological polar surface area (TPSA) is 168 Å². The second-order valence-electron chi connectivity index (χ2n) is 10.9. The number of phenolic OH excluding ortho intramolecular Hbond substituents is 1. The van der Waals surface area contributed by atoms with Crippen LogP contribution in [-0.4, -0.2) is 58.3 Å². The fourth-order valence-corrected chi connectivity index (χ4v) is 5.54. The monoisotopic (exact) mass is 605 g/mol. The van der Waals surface area contributed by atoms with Gasteiger partial charge in [-0.05, 0) is 77.9 Å². The van der Waals surface area contributed by atoms with Gasteiger partial charge >= 0.3 is 0 Å². The first-order valence-electron chi connectivity index (χ1n) is 14.0. The molecule has 0 saturated carbocycles. The molecular formula is C32H36ClN5O5. The number of fused-ring (bicyclic) bond motifs is 1. The Morgan fingerprint density at radius 1 is 1.00 bits per heavy atom. The van der Waals surface area contributed by atoms with Crippen molar-refractivity contribution in [3.05, 3.63) is 99.1 Å². The average molecular weight is 606 g/mol. The molecule has 7 N–H and O–H groups in total. The fourth-order valence-electron chi connectivity index (χ4n) is 5.41. The molecule has 1 heterocycles. The summed E-state index contributed by atoms with van der Waals surface area (Å²) >= 11 is 5.92. The summed E-state index contributed by atoms with van der Waals surface area (Å²) in [4.78, 5) is 53.3. The lowest BCUT2D eigenvalue weighted by atomic mass is 9.91. The first kappa shape index (κ1) is 31.5. The van der Waals surface area contributed by atoms with E-state index in [-0.39, 0.29) is 31.6 Å². The fraction of sp³-hybridized carbons (Fsp3) is 0.312. The Morgan fingerprint density at radius 3 is 2.26 bits per heavy atom. The molecule has 0 saturated heterocycles. The van der Waals surface area contributed by atoms with E-state index in [1.165, 1.54) is 4.90 Å². The molecule has 0 aromatic heterocycles. The molecule has 11 heteroatoms. The highest BCUT2D eigenvalue weighted by Crippen LogP contribution is 2.26. The molecule has 226 valence electrons. The number of hydrogen-bond donors (Lipinski definition) is 5. The maximum Gasteiger partial charge on any atom is 0.243 e. The van der Waals surface area contributed by atoms with Crippen molar-refractivity contribution >= 4 is 35.2 Å². The Bertz CT molecular complexity index is 1500. The van der Waals surface area contributed by atoms with E-state index in [2.05, 4.69) is 10.6 Å². The van der Waals surface area contributed by atoms with Crippen molar-refractivity contribution in [3.63, 3.8) is 0 Å². The van der Waals surface area contributed by atoms with Crippen molar-refractivity contribution in [2.45, 2.75) is 57.8 Å². The zero-order chi connectivity index (χ0) is 31.3. The number of rotatable bonds is 10. The second kappa shape index (κ2) is 13.7. The van der Waals surface area contributed by atoms with Crippen LogP contribution in [0.2, 0.25) is 5.02 Å². The quantitative estimate of drug-likeness (QED) is 0.236. The summed E-state index contributed by atoms with van der Waals surface area (Å²) < 4.78 is 0. The van der Waals surface area contributed by atoms with Crippen LogP contribution < -0.4 is 22.1 Å². The number of hydrogen-bond acceptors (Lipinski definition) is 6. The number of aryl methyl sites for hydroxylation is 2. The van der Waals surface area contributed by atoms with Gasteiger partial charge in [0.1, 0.15) is 17.8 Å². The number of phenols is 1. The lowest BCUT2D eigenvalue weighted by molar-refractivity contribution is -0.143. The Balaban J connectivity index is 1.45. The smallest absolute Gasteiger partial charge is 0.243 e. The van der Waals surface area contributed by atoms with Crippen molar-refractivity contribution < 1.29 is 24.3 Å². The van der Waals surface area contributed by atoms with E-state index in [4.69, 9.17) is 23.1 Å². The number of benzene rings is 3. The summed E-state index contributed by atoms with van der Waals surface area (Å²) in [5.74, 6) is -2.10. The van der Waals surface area contributed by atoms with E-state index < -0.39 is 48.3 Å². The van der Waals surface area contributed by atoms with Crippen molar-refractivity contribution in [2.75, 3.05) is 6.54 Å². The number of aromatic hydroxyl groups is 1. The van der Waals surface area contributed by atoms with Gasteiger partial charge in [-0.15, -0.1) is 0 Å². The van der Waals surface area contributed by atoms with Gasteiger partial charge in [0.25, 0.3) is 0 Å². The number of nitrogens with one attached hydrogen (secondary N) is 2. The van der Waals surface area contributed by atoms with Crippen LogP contribution in [0.15, 0.2) is 60.7 Å². The molecule has 0 bridgehead atoms. The zero-order valence-corrected chi connectivity index (χ0v) is 24.9. The summed E-state index contributed by atoms with van der Waals surface area (Å²) in [6, 6.07) is 14.8. The third-order valence-corrected chi connectivity index (χ3v) is 7.96. The first-order valence-corrected chi connectivity index (χ1v) is 14.3. The van der Waals surface area contributed by atoms with Gasteiger partial charge in [-0.1, -0.05) is 48.0 Å². The predicted octanol–water partition coefficient (Wildman–Crippen LogP) is 1.81. The van der Waals surface area contributed by atoms with Gasteiger partial charge in [0, 0.05) is 24.4 Å². The summed E-state index contributed by atoms with van der Waals surface area (Å²) in [6.45, 7) is 3.46. The van der Waals surface area contributed by atoms with E-state index in [1.807, 2.05) is 38.1 Å². The van der Waals surface area contributed by atoms with Gasteiger partial charge in [0.15, 0.2) is 0 Å². The van der Waals surface area contributed by atoms with Gasteiger partial charge in [-0.3, -0.25) is 19.2 Å². The highest BCUT2D eigenvalue weighted by atomic mass is 35.5. The lowest BCUT2D eigenvalue weighted by Crippen LogP contribution is -2.57. The maximum absolute atomic E-state index is 13.7. The van der Waals surface area contributed by atoms with Crippen LogP contribution in [0.5, 0.6) is 5.75 Å². The molecule has 43 heavy (non-hydrogen) atoms. The number of carbonyl (C=O) groups excluding carboxylic acids is 4. The SMILES string of the molecule is Cc1cc(O)cc(C)c1C[C@H](N)C(=O)N1Cc2ccccc2C[C@@H]1C(=O)NCC(=O)N[C@@H](Cc1ccc(Cl)cc1)C(N)=O. The van der Waals surface area contributed by atoms with Gasteiger partial charge in [-0.2, -0.15) is 0 Å². The van der Waals surface area contributed by atoms with Crippen molar-refractivity contribution in [2.24, 2.45) is 11.5 Å². The van der Waals surface area contributed by atoms with Crippen LogP contribution in [0.4, 0.5) is 0 Å². The van der Waals surface area contributed by atoms with Crippen LogP contribution in [0, 0.1) is 13.8 Å². The number of nitrogens with zero attached hydrogens (tertiary/aromatic N) is 1. The Hall–Kier alpha value is -4.41. The number of nitrogens with two attached hydrogens (primary N) is 2. The van der Waals surface area contributed by atoms with Crippen LogP contribution in [0.3, 0.4) is 0 Å². The van der Waals surface area contributed by atoms with Crippen molar-refractivity contribution in [3.8, 4) is 5.75 Å². The maximum atomic E-state index is 13.7. The summed E-state index contributed by atoms with van der Waals surface area (Å²) in [7, 11) is 0. The number of primary amides is 1. The Labute approximate surface area is 255 Å². The zero-order valence-electron chi connectivity index (χ0n) is 24.1. The predicted molar refractivity (Wildman–Crippen MR) is 163 cm³/mol. The Kier molecular flexibility index (Phi) is 10.1. The van der Waals surface area contributed by atoms with Crippen LogP contribution in [0.25, 0.3) is 0 Å². The third-order valence-electron chi connectivity index (χ3n) is 7.71. The third kappa shape index (κ3) is 7.91. The molecule has 3 aromatic carbocycles. The molecule has 0 radical (unpaired) electrons. The highest BCUT2D eigenvalue weighted by Gasteiger charge is 2.37. The summed E-state index contributed by atoms with van der Waals surface area (Å²) in [6.07, 6.45) is 0.638. The van der Waals surface area contributed by atoms with E-state index in [1.54, 1.807) is 36.4 Å². The molecule has 10 nitrogen and oxygen atoms in total. The first-order chi connectivity index (χ1) is 20.4. The average Bonchev–Trinajstić information content (AvgIpc) is 2.97. The van der Waals surface area contributed by atoms with Gasteiger partial charge in [0.05, 0.1) is 12.6 Å². The molecule has 3 atom stereocenters. The molecule has 0 aliphatic carbocycles. The molecule has 0 unspecified atom stereocenters. The van der Waals surface area contributed by atoms with Crippen LogP contribution in [-0.2, 0) is 45.0 Å². The van der Waals surface area contributed by atoms with E-state index in [9.17, 15) is 24.3 Å². The lowest BCUT2D eigenvalue weighted by Gasteiger charge is -2.37. The molecule has 0 spiro atoms. The number of carbonyl (C=O) groups is 4. The minimum absolute atomic E-state index is 0.138. The number of halogens is 1. The standard InChI is InChI=1S/C32H36ClN5O5/c1-18-11-24(39)12-19(2)25(18)15-26(34)32(43)38-17-22-6-4-3-5-21(22)14-28(38)31(42)36-16-29(40)37-27(30(35)41)13-20-7-9-23(33)10-8-20/h3-12,26-28,39H,13-17,34H2,1-2H3,(H2,35,41)(H,36,42)(H,37,40)/t26-,27-,28+/m0/s1. The van der Waals surface area contributed by atoms with Crippen molar-refractivity contribution in [1.82, 2.24) is 15.5 Å². The van der Waals surface area contributed by atoms with Crippen LogP contribution >= 0.6 is 11.6 Å². The summed E-state index contributed by atoms with van der Waals surface area (Å²) in [5, 5.41) is 15.6. The van der Waals surface area contributed by atoms with E-state index >= 15 is 0 Å². The minimum Gasteiger partial charge on any atom is -0.508 e. The number of amides is 4. The second-order valence-corrected chi connectivity index (χ2v) is 11.3. The molecule has 1 aliphatic rings. The van der Waals surface area contributed by atoms with Gasteiger partial charge < -0.3 is 32.1 Å². The molecule has 0 fully saturated rings. The van der Waals surface area contributed by atoms with E-state index in [0.717, 1.165) is 33.4 Å². The van der Waals surface area contributed by atoms with Crippen molar-refractivity contribution in [1.29, 1.82) is 0 Å². The highest BCUT2D eigenvalue weighted by molar-refractivity contribution is 6.30. The van der Waals surface area contributed by atoms with Gasteiger partial charge in [-0.25, -0.2) is 0 Å². The normalized spacial score (nSPS) is 15.6. The molecular weight excluding hydrogens is 570 g/mol. The summed E-state index contributed by atoms with van der Waals surface area (Å²) in [5.41, 5.74) is 17.0. The van der Waals surface area contributed by atoms with E-state index in [0.29, 0.717) is 5.02 Å². The van der Waals surface area contributed by atoms with Gasteiger partial charge in [0.2, 0.25) is 23.6 Å². The minimum atomic E-state index is -0.991. The largest absolute Gasteiger partial charge is 0.508 e. The molecule has 4 amide bonds. The van der Waals surface area contributed by atoms with Crippen LogP contribution in [0.1, 0.15) is 33.4 Å². The molecule has 4 rings (SSSR count). The Morgan fingerprint density at radius 2 is 1.63 bits per heavy atom. The molecule has 1 aliphatic heterocycles. The molecule has 3 aromatic rings.